The van der Waals surface area contributed by atoms with Crippen molar-refractivity contribution in [2.75, 3.05) is 25.0 Å². The van der Waals surface area contributed by atoms with Gasteiger partial charge >= 0.3 is 0 Å². The van der Waals surface area contributed by atoms with Gasteiger partial charge in [-0.3, -0.25) is 9.78 Å². The third kappa shape index (κ3) is 3.96. The van der Waals surface area contributed by atoms with Gasteiger partial charge in [-0.15, -0.1) is 0 Å². The van der Waals surface area contributed by atoms with E-state index in [0.29, 0.717) is 17.4 Å². The molecule has 1 aromatic rings. The van der Waals surface area contributed by atoms with E-state index in [9.17, 15) is 4.79 Å². The molecule has 0 aliphatic carbocycles. The summed E-state index contributed by atoms with van der Waals surface area (Å²) in [4.78, 5) is 19.1. The predicted octanol–water partition coefficient (Wildman–Crippen LogP) is 3.33. The molecule has 1 aliphatic rings. The van der Waals surface area contributed by atoms with Gasteiger partial charge in [0, 0.05) is 31.5 Å². The van der Waals surface area contributed by atoms with Crippen molar-refractivity contribution in [2.24, 2.45) is 11.8 Å². The molecule has 0 bridgehead atoms. The van der Waals surface area contributed by atoms with Gasteiger partial charge in [-0.25, -0.2) is 0 Å². The molecule has 4 heteroatoms. The molecular weight excluding hydrogens is 262 g/mol. The van der Waals surface area contributed by atoms with Gasteiger partial charge in [0.25, 0.3) is 5.91 Å². The molecule has 1 fully saturated rings. The minimum atomic E-state index is 0.111. The van der Waals surface area contributed by atoms with Crippen molar-refractivity contribution in [2.45, 2.75) is 40.5 Å². The van der Waals surface area contributed by atoms with E-state index < -0.39 is 0 Å². The van der Waals surface area contributed by atoms with Crippen LogP contribution in [0, 0.1) is 18.8 Å². The van der Waals surface area contributed by atoms with Crippen LogP contribution < -0.4 is 5.32 Å². The minimum Gasteiger partial charge on any atom is -0.384 e. The van der Waals surface area contributed by atoms with Crippen molar-refractivity contribution >= 4 is 11.6 Å². The molecular formula is C17H27N3O. The number of aryl methyl sites for hydroxylation is 1. The summed E-state index contributed by atoms with van der Waals surface area (Å²) in [5, 5.41) is 3.36. The number of piperidine rings is 1. The molecule has 0 spiro atoms. The standard InChI is InChI=1S/C17H27N3O/c1-5-6-18-16-8-14(4)19-9-15(16)17(21)20-10-12(2)7-13(3)11-20/h8-9,12-13H,5-7,10-11H2,1-4H3,(H,18,19). The second kappa shape index (κ2) is 6.92. The van der Waals surface area contributed by atoms with Crippen molar-refractivity contribution < 1.29 is 4.79 Å². The summed E-state index contributed by atoms with van der Waals surface area (Å²) < 4.78 is 0. The molecule has 0 saturated carbocycles. The third-order valence-corrected chi connectivity index (χ3v) is 3.99. The Labute approximate surface area is 127 Å². The molecule has 2 atom stereocenters. The first-order valence-corrected chi connectivity index (χ1v) is 8.01. The molecule has 4 nitrogen and oxygen atoms in total. The zero-order valence-electron chi connectivity index (χ0n) is 13.6. The van der Waals surface area contributed by atoms with Gasteiger partial charge in [-0.05, 0) is 37.7 Å². The predicted molar refractivity (Wildman–Crippen MR) is 86.6 cm³/mol. The third-order valence-electron chi connectivity index (χ3n) is 3.99. The van der Waals surface area contributed by atoms with E-state index in [1.165, 1.54) is 6.42 Å². The molecule has 2 heterocycles. The molecule has 2 rings (SSSR count). The van der Waals surface area contributed by atoms with Crippen LogP contribution in [-0.4, -0.2) is 35.4 Å². The summed E-state index contributed by atoms with van der Waals surface area (Å²) in [6, 6.07) is 1.97. The molecule has 116 valence electrons. The Bertz CT molecular complexity index is 491. The van der Waals surface area contributed by atoms with Crippen LogP contribution in [0.2, 0.25) is 0 Å². The molecule has 1 aliphatic heterocycles. The van der Waals surface area contributed by atoms with Gasteiger partial charge in [-0.1, -0.05) is 20.8 Å². The van der Waals surface area contributed by atoms with E-state index in [1.54, 1.807) is 6.20 Å². The number of aromatic nitrogens is 1. The number of hydrogen-bond donors (Lipinski definition) is 1. The summed E-state index contributed by atoms with van der Waals surface area (Å²) in [5.41, 5.74) is 2.56. The zero-order chi connectivity index (χ0) is 15.4. The first-order chi connectivity index (χ1) is 10.0. The fraction of sp³-hybridized carbons (Fsp3) is 0.647. The number of hydrogen-bond acceptors (Lipinski definition) is 3. The van der Waals surface area contributed by atoms with Crippen LogP contribution in [0.25, 0.3) is 0 Å². The lowest BCUT2D eigenvalue weighted by atomic mass is 9.91. The molecule has 0 radical (unpaired) electrons. The zero-order valence-corrected chi connectivity index (χ0v) is 13.6. The number of amides is 1. The molecule has 1 aromatic heterocycles. The monoisotopic (exact) mass is 289 g/mol. The topological polar surface area (TPSA) is 45.2 Å². The van der Waals surface area contributed by atoms with E-state index >= 15 is 0 Å². The van der Waals surface area contributed by atoms with Gasteiger partial charge in [-0.2, -0.15) is 0 Å². The number of carbonyl (C=O) groups is 1. The second-order valence-corrected chi connectivity index (χ2v) is 6.45. The summed E-state index contributed by atoms with van der Waals surface area (Å²) in [5.74, 6) is 1.26. The first-order valence-electron chi connectivity index (χ1n) is 8.01. The van der Waals surface area contributed by atoms with Crippen molar-refractivity contribution in [3.05, 3.63) is 23.5 Å². The molecule has 2 unspecified atom stereocenters. The number of nitrogens with one attached hydrogen (secondary N) is 1. The highest BCUT2D eigenvalue weighted by Gasteiger charge is 2.27. The molecule has 1 N–H and O–H groups in total. The number of nitrogens with zero attached hydrogens (tertiary/aromatic N) is 2. The highest BCUT2D eigenvalue weighted by molar-refractivity contribution is 5.99. The van der Waals surface area contributed by atoms with E-state index in [-0.39, 0.29) is 5.91 Å². The Morgan fingerprint density at radius 1 is 1.38 bits per heavy atom. The maximum absolute atomic E-state index is 12.8. The number of rotatable bonds is 4. The Morgan fingerprint density at radius 3 is 2.67 bits per heavy atom. The van der Waals surface area contributed by atoms with Crippen LogP contribution in [0.5, 0.6) is 0 Å². The van der Waals surface area contributed by atoms with Gasteiger partial charge in [0.15, 0.2) is 0 Å². The average Bonchev–Trinajstić information content (AvgIpc) is 2.43. The lowest BCUT2D eigenvalue weighted by molar-refractivity contribution is 0.0623. The molecule has 0 aromatic carbocycles. The highest BCUT2D eigenvalue weighted by atomic mass is 16.2. The number of carbonyl (C=O) groups excluding carboxylic acids is 1. The smallest absolute Gasteiger partial charge is 0.257 e. The Balaban J connectivity index is 2.21. The quantitative estimate of drug-likeness (QED) is 0.924. The van der Waals surface area contributed by atoms with E-state index in [0.717, 1.165) is 37.4 Å². The average molecular weight is 289 g/mol. The summed E-state index contributed by atoms with van der Waals surface area (Å²) >= 11 is 0. The van der Waals surface area contributed by atoms with Crippen molar-refractivity contribution in [1.82, 2.24) is 9.88 Å². The SMILES string of the molecule is CCCNc1cc(C)ncc1C(=O)N1CC(C)CC(C)C1. The lowest BCUT2D eigenvalue weighted by Crippen LogP contribution is -2.42. The van der Waals surface area contributed by atoms with Crippen molar-refractivity contribution in [3.8, 4) is 0 Å². The molecule has 1 saturated heterocycles. The van der Waals surface area contributed by atoms with Crippen LogP contribution in [0.1, 0.15) is 49.7 Å². The van der Waals surface area contributed by atoms with Crippen molar-refractivity contribution in [1.29, 1.82) is 0 Å². The Kier molecular flexibility index (Phi) is 5.21. The lowest BCUT2D eigenvalue weighted by Gasteiger charge is -2.35. The molecule has 1 amide bonds. The van der Waals surface area contributed by atoms with Crippen LogP contribution in [0.15, 0.2) is 12.3 Å². The second-order valence-electron chi connectivity index (χ2n) is 6.45. The molecule has 21 heavy (non-hydrogen) atoms. The fourth-order valence-electron chi connectivity index (χ4n) is 3.14. The van der Waals surface area contributed by atoms with Crippen LogP contribution in [0.4, 0.5) is 5.69 Å². The number of anilines is 1. The Morgan fingerprint density at radius 2 is 2.05 bits per heavy atom. The van der Waals surface area contributed by atoms with E-state index in [1.807, 2.05) is 17.9 Å². The maximum atomic E-state index is 12.8. The van der Waals surface area contributed by atoms with E-state index in [4.69, 9.17) is 0 Å². The van der Waals surface area contributed by atoms with Crippen LogP contribution in [0.3, 0.4) is 0 Å². The van der Waals surface area contributed by atoms with E-state index in [2.05, 4.69) is 31.1 Å². The van der Waals surface area contributed by atoms with Crippen LogP contribution in [-0.2, 0) is 0 Å². The largest absolute Gasteiger partial charge is 0.384 e. The Hall–Kier alpha value is -1.58. The minimum absolute atomic E-state index is 0.111. The van der Waals surface area contributed by atoms with Gasteiger partial charge in [0.2, 0.25) is 0 Å². The van der Waals surface area contributed by atoms with Crippen LogP contribution >= 0.6 is 0 Å². The van der Waals surface area contributed by atoms with Gasteiger partial charge in [0.05, 0.1) is 11.3 Å². The summed E-state index contributed by atoms with van der Waals surface area (Å²) in [6.45, 7) is 11.1. The maximum Gasteiger partial charge on any atom is 0.257 e. The number of pyridine rings is 1. The first kappa shape index (κ1) is 15.8. The number of likely N-dealkylation sites (tertiary alicyclic amines) is 1. The van der Waals surface area contributed by atoms with Gasteiger partial charge in [0.1, 0.15) is 0 Å². The highest BCUT2D eigenvalue weighted by Crippen LogP contribution is 2.25. The normalized spacial score (nSPS) is 22.2. The van der Waals surface area contributed by atoms with Crippen molar-refractivity contribution in [3.63, 3.8) is 0 Å². The summed E-state index contributed by atoms with van der Waals surface area (Å²) in [6.07, 6.45) is 3.96. The fourth-order valence-corrected chi connectivity index (χ4v) is 3.14. The summed E-state index contributed by atoms with van der Waals surface area (Å²) in [7, 11) is 0. The van der Waals surface area contributed by atoms with Gasteiger partial charge < -0.3 is 10.2 Å².